The summed E-state index contributed by atoms with van der Waals surface area (Å²) in [5.74, 6) is 1.03. The quantitative estimate of drug-likeness (QED) is 0.521. The molecule has 0 spiro atoms. The average Bonchev–Trinajstić information content (AvgIpc) is 3.08. The van der Waals surface area contributed by atoms with Crippen molar-refractivity contribution in [1.82, 2.24) is 19.7 Å². The zero-order chi connectivity index (χ0) is 18.1. The number of ketones is 1. The van der Waals surface area contributed by atoms with Gasteiger partial charge >= 0.3 is 0 Å². The first-order chi connectivity index (χ1) is 12.6. The van der Waals surface area contributed by atoms with Gasteiger partial charge in [0.2, 0.25) is 5.88 Å². The molecule has 6 heteroatoms. The molecule has 26 heavy (non-hydrogen) atoms. The van der Waals surface area contributed by atoms with Gasteiger partial charge in [-0.2, -0.15) is 5.10 Å². The smallest absolute Gasteiger partial charge is 0.233 e. The van der Waals surface area contributed by atoms with E-state index in [1.54, 1.807) is 35.1 Å². The number of Topliss-reactive ketones (excluding diaryl/α,β-unsaturated/α-hetero) is 1. The molecule has 2 aromatic heterocycles. The molecule has 0 aliphatic heterocycles. The normalized spacial score (nSPS) is 10.8. The number of aromatic nitrogens is 4. The number of rotatable bonds is 4. The number of fused-ring (bicyclic) bond motifs is 1. The second-order valence-corrected chi connectivity index (χ2v) is 5.99. The second-order valence-electron chi connectivity index (χ2n) is 5.99. The largest absolute Gasteiger partial charge is 0.438 e. The third-order valence-corrected chi connectivity index (χ3v) is 4.08. The fraction of sp³-hybridized carbons (Fsp3) is 0.100. The van der Waals surface area contributed by atoms with Crippen LogP contribution in [-0.4, -0.2) is 25.5 Å². The zero-order valence-electron chi connectivity index (χ0n) is 14.4. The first-order valence-corrected chi connectivity index (χ1v) is 8.16. The van der Waals surface area contributed by atoms with Gasteiger partial charge in [0.05, 0.1) is 11.9 Å². The highest BCUT2D eigenvalue weighted by Crippen LogP contribution is 2.27. The van der Waals surface area contributed by atoms with Crippen LogP contribution >= 0.6 is 0 Å². The molecule has 0 aliphatic carbocycles. The molecule has 0 aliphatic rings. The lowest BCUT2D eigenvalue weighted by Crippen LogP contribution is -1.98. The van der Waals surface area contributed by atoms with Gasteiger partial charge in [0.15, 0.2) is 11.4 Å². The summed E-state index contributed by atoms with van der Waals surface area (Å²) in [6, 6.07) is 15.0. The van der Waals surface area contributed by atoms with Gasteiger partial charge in [-0.05, 0) is 50.2 Å². The van der Waals surface area contributed by atoms with Crippen LogP contribution in [0.2, 0.25) is 0 Å². The number of aryl methyl sites for hydroxylation is 1. The van der Waals surface area contributed by atoms with Crippen LogP contribution in [0.5, 0.6) is 11.6 Å². The van der Waals surface area contributed by atoms with Gasteiger partial charge in [0.25, 0.3) is 0 Å². The van der Waals surface area contributed by atoms with Crippen molar-refractivity contribution in [1.29, 1.82) is 0 Å². The molecule has 0 unspecified atom stereocenters. The van der Waals surface area contributed by atoms with E-state index in [0.717, 1.165) is 5.69 Å². The van der Waals surface area contributed by atoms with Crippen molar-refractivity contribution in [3.8, 4) is 17.3 Å². The van der Waals surface area contributed by atoms with Crippen molar-refractivity contribution < 1.29 is 9.53 Å². The molecule has 0 radical (unpaired) electrons. The van der Waals surface area contributed by atoms with Crippen molar-refractivity contribution >= 4 is 16.8 Å². The first-order valence-electron chi connectivity index (χ1n) is 8.16. The van der Waals surface area contributed by atoms with Crippen molar-refractivity contribution in [2.24, 2.45) is 0 Å². The number of benzene rings is 2. The molecule has 0 atom stereocenters. The van der Waals surface area contributed by atoms with E-state index in [4.69, 9.17) is 4.74 Å². The van der Waals surface area contributed by atoms with E-state index < -0.39 is 0 Å². The number of carbonyl (C=O) groups is 1. The molecule has 4 rings (SSSR count). The second kappa shape index (κ2) is 6.40. The number of hydrogen-bond donors (Lipinski definition) is 0. The minimum Gasteiger partial charge on any atom is -0.438 e. The van der Waals surface area contributed by atoms with E-state index >= 15 is 0 Å². The van der Waals surface area contributed by atoms with Crippen LogP contribution in [-0.2, 0) is 0 Å². The van der Waals surface area contributed by atoms with E-state index in [1.807, 2.05) is 31.2 Å². The average molecular weight is 344 g/mol. The van der Waals surface area contributed by atoms with E-state index in [0.29, 0.717) is 28.2 Å². The van der Waals surface area contributed by atoms with Crippen LogP contribution in [0.25, 0.3) is 16.7 Å². The monoisotopic (exact) mass is 344 g/mol. The van der Waals surface area contributed by atoms with Crippen LogP contribution in [0.1, 0.15) is 22.8 Å². The highest BCUT2D eigenvalue weighted by molar-refractivity contribution is 5.94. The maximum absolute atomic E-state index is 11.4. The number of hydrogen-bond acceptors (Lipinski definition) is 5. The molecule has 2 heterocycles. The highest BCUT2D eigenvalue weighted by atomic mass is 16.5. The summed E-state index contributed by atoms with van der Waals surface area (Å²) in [5, 5.41) is 5.14. The Morgan fingerprint density at radius 2 is 1.73 bits per heavy atom. The molecule has 6 nitrogen and oxygen atoms in total. The van der Waals surface area contributed by atoms with Crippen LogP contribution in [0.4, 0.5) is 0 Å². The molecule has 0 amide bonds. The Morgan fingerprint density at radius 3 is 2.42 bits per heavy atom. The van der Waals surface area contributed by atoms with E-state index in [1.165, 1.54) is 18.8 Å². The molecule has 0 fully saturated rings. The lowest BCUT2D eigenvalue weighted by atomic mass is 10.1. The fourth-order valence-corrected chi connectivity index (χ4v) is 2.65. The Balaban J connectivity index is 1.70. The Hall–Kier alpha value is -3.54. The standard InChI is InChI=1S/C20H16N4O2/c1-13-3-7-16(8-4-13)24-19-18(11-23-24)20(22-12-21-19)26-17-9-5-15(6-10-17)14(2)25/h3-12H,1-2H3. The molecule has 0 saturated heterocycles. The zero-order valence-corrected chi connectivity index (χ0v) is 14.4. The third-order valence-electron chi connectivity index (χ3n) is 4.08. The molecular formula is C20H16N4O2. The van der Waals surface area contributed by atoms with Gasteiger partial charge in [-0.25, -0.2) is 14.6 Å². The first kappa shape index (κ1) is 16.0. The van der Waals surface area contributed by atoms with Gasteiger partial charge in [0, 0.05) is 5.56 Å². The van der Waals surface area contributed by atoms with E-state index in [9.17, 15) is 4.79 Å². The van der Waals surface area contributed by atoms with E-state index in [2.05, 4.69) is 15.1 Å². The molecule has 4 aromatic rings. The van der Waals surface area contributed by atoms with Crippen molar-refractivity contribution in [3.63, 3.8) is 0 Å². The maximum atomic E-state index is 11.4. The van der Waals surface area contributed by atoms with E-state index in [-0.39, 0.29) is 5.78 Å². The number of nitrogens with zero attached hydrogens (tertiary/aromatic N) is 4. The summed E-state index contributed by atoms with van der Waals surface area (Å²) in [4.78, 5) is 19.9. The molecule has 0 N–H and O–H groups in total. The Labute approximate surface area is 150 Å². The maximum Gasteiger partial charge on any atom is 0.233 e. The van der Waals surface area contributed by atoms with Gasteiger partial charge in [-0.3, -0.25) is 4.79 Å². The summed E-state index contributed by atoms with van der Waals surface area (Å²) in [7, 11) is 0. The number of carbonyl (C=O) groups excluding carboxylic acids is 1. The highest BCUT2D eigenvalue weighted by Gasteiger charge is 2.13. The lowest BCUT2D eigenvalue weighted by molar-refractivity contribution is 0.101. The lowest BCUT2D eigenvalue weighted by Gasteiger charge is -2.07. The Bertz CT molecular complexity index is 1080. The van der Waals surface area contributed by atoms with Crippen LogP contribution < -0.4 is 4.74 Å². The molecule has 0 bridgehead atoms. The summed E-state index contributed by atoms with van der Waals surface area (Å²) in [5.41, 5.74) is 3.40. The van der Waals surface area contributed by atoms with Gasteiger partial charge in [0.1, 0.15) is 17.5 Å². The minimum absolute atomic E-state index is 0.0142. The van der Waals surface area contributed by atoms with Crippen LogP contribution in [0.15, 0.2) is 61.1 Å². The summed E-state index contributed by atoms with van der Waals surface area (Å²) < 4.78 is 7.63. The predicted molar refractivity (Wildman–Crippen MR) is 97.9 cm³/mol. The van der Waals surface area contributed by atoms with Crippen molar-refractivity contribution in [2.45, 2.75) is 13.8 Å². The topological polar surface area (TPSA) is 69.9 Å². The molecular weight excluding hydrogens is 328 g/mol. The van der Waals surface area contributed by atoms with Gasteiger partial charge in [-0.15, -0.1) is 0 Å². The fourth-order valence-electron chi connectivity index (χ4n) is 2.65. The third kappa shape index (κ3) is 2.93. The number of ether oxygens (including phenoxy) is 1. The molecule has 128 valence electrons. The van der Waals surface area contributed by atoms with Crippen molar-refractivity contribution in [2.75, 3.05) is 0 Å². The molecule has 2 aromatic carbocycles. The molecule has 0 saturated carbocycles. The Morgan fingerprint density at radius 1 is 1.00 bits per heavy atom. The SMILES string of the molecule is CC(=O)c1ccc(Oc2ncnc3c2cnn3-c2ccc(C)cc2)cc1. The van der Waals surface area contributed by atoms with Crippen molar-refractivity contribution in [3.05, 3.63) is 72.2 Å². The predicted octanol–water partition coefficient (Wildman–Crippen LogP) is 4.12. The summed E-state index contributed by atoms with van der Waals surface area (Å²) >= 11 is 0. The van der Waals surface area contributed by atoms with Crippen LogP contribution in [0.3, 0.4) is 0 Å². The Kier molecular flexibility index (Phi) is 3.93. The van der Waals surface area contributed by atoms with Crippen LogP contribution in [0, 0.1) is 6.92 Å². The van der Waals surface area contributed by atoms with Gasteiger partial charge < -0.3 is 4.74 Å². The summed E-state index contributed by atoms with van der Waals surface area (Å²) in [6.45, 7) is 3.57. The minimum atomic E-state index is 0.0142. The summed E-state index contributed by atoms with van der Waals surface area (Å²) in [6.07, 6.45) is 3.14. The van der Waals surface area contributed by atoms with Gasteiger partial charge in [-0.1, -0.05) is 17.7 Å².